The van der Waals surface area contributed by atoms with Crippen molar-refractivity contribution in [1.82, 2.24) is 4.90 Å². The summed E-state index contributed by atoms with van der Waals surface area (Å²) in [4.78, 5) is 14.8. The van der Waals surface area contributed by atoms with Crippen molar-refractivity contribution in [2.24, 2.45) is 5.41 Å². The van der Waals surface area contributed by atoms with Crippen molar-refractivity contribution in [2.45, 2.75) is 0 Å². The van der Waals surface area contributed by atoms with Gasteiger partial charge in [0.05, 0.1) is 4.92 Å². The van der Waals surface area contributed by atoms with E-state index in [0.717, 1.165) is 18.8 Å². The lowest BCUT2D eigenvalue weighted by Gasteiger charge is -2.60. The molecular weight excluding hydrogens is 218 g/mol. The van der Waals surface area contributed by atoms with Crippen LogP contribution in [0.5, 0.6) is 0 Å². The average Bonchev–Trinajstić information content (AvgIpc) is 2.21. The second kappa shape index (κ2) is 3.43. The first kappa shape index (κ1) is 10.5. The maximum Gasteiger partial charge on any atom is 0.269 e. The highest BCUT2D eigenvalue weighted by Gasteiger charge is 2.50. The lowest BCUT2D eigenvalue weighted by atomic mass is 9.73. The number of benzene rings is 1. The van der Waals surface area contributed by atoms with Crippen molar-refractivity contribution >= 4 is 11.4 Å². The summed E-state index contributed by atoms with van der Waals surface area (Å²) in [5, 5.41) is 10.5. The first-order valence-corrected chi connectivity index (χ1v) is 5.76. The van der Waals surface area contributed by atoms with Crippen molar-refractivity contribution in [1.29, 1.82) is 0 Å². The SMILES string of the molecule is CN1CC2(C1)CN(c1ccc([N+](=O)[O-])cc1)C2. The Morgan fingerprint density at radius 1 is 1.18 bits per heavy atom. The van der Waals surface area contributed by atoms with Crippen molar-refractivity contribution in [3.63, 3.8) is 0 Å². The molecule has 3 rings (SSSR count). The van der Waals surface area contributed by atoms with Crippen LogP contribution in [0, 0.1) is 15.5 Å². The molecule has 0 bridgehead atoms. The van der Waals surface area contributed by atoms with E-state index in [1.807, 2.05) is 12.1 Å². The van der Waals surface area contributed by atoms with Crippen LogP contribution in [0.15, 0.2) is 24.3 Å². The second-order valence-electron chi connectivity index (χ2n) is 5.30. The van der Waals surface area contributed by atoms with Gasteiger partial charge in [0, 0.05) is 49.4 Å². The van der Waals surface area contributed by atoms with Gasteiger partial charge in [-0.3, -0.25) is 10.1 Å². The Morgan fingerprint density at radius 2 is 1.76 bits per heavy atom. The maximum absolute atomic E-state index is 10.5. The summed E-state index contributed by atoms with van der Waals surface area (Å²) in [5.74, 6) is 0. The molecule has 0 N–H and O–H groups in total. The maximum atomic E-state index is 10.5. The Labute approximate surface area is 99.8 Å². The van der Waals surface area contributed by atoms with Crippen molar-refractivity contribution in [3.05, 3.63) is 34.4 Å². The van der Waals surface area contributed by atoms with Crippen molar-refractivity contribution < 1.29 is 4.92 Å². The van der Waals surface area contributed by atoms with Crippen LogP contribution < -0.4 is 4.90 Å². The van der Waals surface area contributed by atoms with Gasteiger partial charge in [-0.05, 0) is 19.2 Å². The van der Waals surface area contributed by atoms with Crippen LogP contribution in [0.3, 0.4) is 0 Å². The van der Waals surface area contributed by atoms with E-state index in [-0.39, 0.29) is 10.6 Å². The Bertz CT molecular complexity index is 443. The number of hydrogen-bond donors (Lipinski definition) is 0. The Hall–Kier alpha value is -1.62. The van der Waals surface area contributed by atoms with E-state index >= 15 is 0 Å². The van der Waals surface area contributed by atoms with Gasteiger partial charge in [0.15, 0.2) is 0 Å². The molecule has 5 nitrogen and oxygen atoms in total. The van der Waals surface area contributed by atoms with Gasteiger partial charge in [-0.2, -0.15) is 0 Å². The molecule has 1 spiro atoms. The minimum absolute atomic E-state index is 0.160. The molecule has 0 radical (unpaired) electrons. The molecule has 5 heteroatoms. The Morgan fingerprint density at radius 3 is 2.24 bits per heavy atom. The summed E-state index contributed by atoms with van der Waals surface area (Å²) >= 11 is 0. The van der Waals surface area contributed by atoms with Crippen LogP contribution in [-0.4, -0.2) is 43.0 Å². The molecule has 2 saturated heterocycles. The van der Waals surface area contributed by atoms with Crippen molar-refractivity contribution in [2.75, 3.05) is 38.1 Å². The number of nitro groups is 1. The van der Waals surface area contributed by atoms with Crippen LogP contribution in [0.1, 0.15) is 0 Å². The lowest BCUT2D eigenvalue weighted by molar-refractivity contribution is -0.384. The molecule has 0 aromatic heterocycles. The molecule has 90 valence electrons. The fraction of sp³-hybridized carbons (Fsp3) is 0.500. The third-order valence-electron chi connectivity index (χ3n) is 3.69. The molecule has 1 aromatic carbocycles. The van der Waals surface area contributed by atoms with E-state index < -0.39 is 0 Å². The molecule has 2 heterocycles. The van der Waals surface area contributed by atoms with Crippen LogP contribution in [0.4, 0.5) is 11.4 Å². The number of likely N-dealkylation sites (tertiary alicyclic amines) is 1. The normalized spacial score (nSPS) is 22.1. The average molecular weight is 233 g/mol. The highest BCUT2D eigenvalue weighted by molar-refractivity contribution is 5.53. The minimum Gasteiger partial charge on any atom is -0.370 e. The van der Waals surface area contributed by atoms with Crippen LogP contribution in [-0.2, 0) is 0 Å². The number of nitro benzene ring substituents is 1. The third-order valence-corrected chi connectivity index (χ3v) is 3.69. The monoisotopic (exact) mass is 233 g/mol. The second-order valence-corrected chi connectivity index (χ2v) is 5.30. The van der Waals surface area contributed by atoms with Crippen molar-refractivity contribution in [3.8, 4) is 0 Å². The van der Waals surface area contributed by atoms with Gasteiger partial charge in [-0.15, -0.1) is 0 Å². The summed E-state index contributed by atoms with van der Waals surface area (Å²) in [6.45, 7) is 4.51. The first-order valence-electron chi connectivity index (χ1n) is 5.76. The zero-order chi connectivity index (χ0) is 12.0. The topological polar surface area (TPSA) is 49.6 Å². The molecule has 0 unspecified atom stereocenters. The summed E-state index contributed by atoms with van der Waals surface area (Å²) in [6.07, 6.45) is 0. The van der Waals surface area contributed by atoms with E-state index in [1.54, 1.807) is 12.1 Å². The molecule has 1 aromatic rings. The lowest BCUT2D eigenvalue weighted by Crippen LogP contribution is -2.71. The summed E-state index contributed by atoms with van der Waals surface area (Å²) < 4.78 is 0. The van der Waals surface area contributed by atoms with E-state index in [2.05, 4.69) is 16.8 Å². The summed E-state index contributed by atoms with van der Waals surface area (Å²) in [6, 6.07) is 6.83. The Balaban J connectivity index is 1.65. The van der Waals surface area contributed by atoms with Crippen LogP contribution >= 0.6 is 0 Å². The van der Waals surface area contributed by atoms with Gasteiger partial charge in [-0.1, -0.05) is 0 Å². The van der Waals surface area contributed by atoms with Crippen LogP contribution in [0.2, 0.25) is 0 Å². The molecule has 0 saturated carbocycles. The fourth-order valence-electron chi connectivity index (χ4n) is 3.03. The first-order chi connectivity index (χ1) is 8.08. The molecule has 0 amide bonds. The smallest absolute Gasteiger partial charge is 0.269 e. The number of anilines is 1. The third kappa shape index (κ3) is 1.67. The molecule has 0 aliphatic carbocycles. The zero-order valence-corrected chi connectivity index (χ0v) is 9.80. The standard InChI is InChI=1S/C12H15N3O2/c1-13-6-12(7-13)8-14(9-12)10-2-4-11(5-3-10)15(16)17/h2-5H,6-9H2,1H3. The van der Waals surface area contributed by atoms with Gasteiger partial charge < -0.3 is 9.80 Å². The highest BCUT2D eigenvalue weighted by atomic mass is 16.6. The molecule has 2 fully saturated rings. The molecule has 17 heavy (non-hydrogen) atoms. The number of nitrogens with zero attached hydrogens (tertiary/aromatic N) is 3. The molecule has 0 atom stereocenters. The van der Waals surface area contributed by atoms with E-state index in [4.69, 9.17) is 0 Å². The van der Waals surface area contributed by atoms with E-state index in [0.29, 0.717) is 5.41 Å². The van der Waals surface area contributed by atoms with E-state index in [9.17, 15) is 10.1 Å². The van der Waals surface area contributed by atoms with Gasteiger partial charge in [-0.25, -0.2) is 0 Å². The van der Waals surface area contributed by atoms with Gasteiger partial charge in [0.1, 0.15) is 0 Å². The quantitative estimate of drug-likeness (QED) is 0.571. The largest absolute Gasteiger partial charge is 0.370 e. The van der Waals surface area contributed by atoms with E-state index in [1.165, 1.54) is 13.1 Å². The molecule has 2 aliphatic heterocycles. The zero-order valence-electron chi connectivity index (χ0n) is 9.80. The number of hydrogen-bond acceptors (Lipinski definition) is 4. The number of non-ortho nitro benzene ring substituents is 1. The number of rotatable bonds is 2. The summed E-state index contributed by atoms with van der Waals surface area (Å²) in [7, 11) is 2.14. The highest BCUT2D eigenvalue weighted by Crippen LogP contribution is 2.41. The predicted octanol–water partition coefficient (Wildman–Crippen LogP) is 1.35. The fourth-order valence-corrected chi connectivity index (χ4v) is 3.03. The minimum atomic E-state index is -0.359. The van der Waals surface area contributed by atoms with Gasteiger partial charge in [0.2, 0.25) is 0 Å². The predicted molar refractivity (Wildman–Crippen MR) is 65.2 cm³/mol. The van der Waals surface area contributed by atoms with Gasteiger partial charge in [0.25, 0.3) is 5.69 Å². The summed E-state index contributed by atoms with van der Waals surface area (Å²) in [5.41, 5.74) is 1.75. The molecular formula is C12H15N3O2. The van der Waals surface area contributed by atoms with Crippen LogP contribution in [0.25, 0.3) is 0 Å². The Kier molecular flexibility index (Phi) is 2.13. The molecule has 2 aliphatic rings. The van der Waals surface area contributed by atoms with Gasteiger partial charge >= 0.3 is 0 Å².